The monoisotopic (exact) mass is 266 g/mol. The number of nitrogens with one attached hydrogen (secondary N) is 2. The highest BCUT2D eigenvalue weighted by molar-refractivity contribution is 6.02. The Morgan fingerprint density at radius 2 is 2.16 bits per heavy atom. The van der Waals surface area contributed by atoms with Crippen LogP contribution in [0.4, 0.5) is 4.79 Å². The van der Waals surface area contributed by atoms with E-state index in [2.05, 4.69) is 10.4 Å². The number of carboxylic acid groups (broad SMARTS) is 1. The van der Waals surface area contributed by atoms with Crippen molar-refractivity contribution in [3.63, 3.8) is 0 Å². The first-order valence-corrected chi connectivity index (χ1v) is 5.44. The lowest BCUT2D eigenvalue weighted by Gasteiger charge is -2.03. The quantitative estimate of drug-likeness (QED) is 0.618. The zero-order chi connectivity index (χ0) is 14.3. The van der Waals surface area contributed by atoms with E-state index in [-0.39, 0.29) is 0 Å². The Hall–Kier alpha value is -2.64. The Balaban J connectivity index is 2.24. The highest BCUT2D eigenvalue weighted by Crippen LogP contribution is 1.95. The first-order valence-electron chi connectivity index (χ1n) is 5.44. The zero-order valence-corrected chi connectivity index (χ0v) is 10.3. The summed E-state index contributed by atoms with van der Waals surface area (Å²) >= 11 is 0. The van der Waals surface area contributed by atoms with Crippen LogP contribution in [0.1, 0.15) is 5.56 Å². The van der Waals surface area contributed by atoms with Crippen LogP contribution in [0.5, 0.6) is 0 Å². The molecule has 0 radical (unpaired) electrons. The highest BCUT2D eigenvalue weighted by atomic mass is 16.4. The van der Waals surface area contributed by atoms with Gasteiger partial charge in [-0.05, 0) is 12.0 Å². The molecule has 3 N–H and O–H groups in total. The fourth-order valence-electron chi connectivity index (χ4n) is 1.27. The van der Waals surface area contributed by atoms with Gasteiger partial charge in [-0.1, -0.05) is 0 Å². The Bertz CT molecular complexity index is 507. The molecule has 0 fully saturated rings. The number of urea groups is 1. The molecule has 0 aliphatic heterocycles. The molecule has 0 aromatic carbocycles. The average molecular weight is 266 g/mol. The maximum Gasteiger partial charge on any atom is 0.328 e. The van der Waals surface area contributed by atoms with Crippen molar-refractivity contribution in [2.75, 3.05) is 6.54 Å². The van der Waals surface area contributed by atoms with Gasteiger partial charge in [0.15, 0.2) is 0 Å². The van der Waals surface area contributed by atoms with E-state index in [1.54, 1.807) is 17.9 Å². The van der Waals surface area contributed by atoms with E-state index in [0.29, 0.717) is 19.0 Å². The minimum absolute atomic E-state index is 0.341. The summed E-state index contributed by atoms with van der Waals surface area (Å²) in [6.07, 6.45) is 5.50. The molecule has 19 heavy (non-hydrogen) atoms. The third-order valence-corrected chi connectivity index (χ3v) is 2.07. The molecule has 0 aliphatic rings. The van der Waals surface area contributed by atoms with E-state index in [1.807, 2.05) is 11.5 Å². The van der Waals surface area contributed by atoms with Crippen molar-refractivity contribution >= 4 is 17.9 Å². The fraction of sp³-hybridized carbons (Fsp3) is 0.273. The third-order valence-electron chi connectivity index (χ3n) is 2.07. The summed E-state index contributed by atoms with van der Waals surface area (Å²) < 4.78 is 1.65. The Labute approximate surface area is 109 Å². The summed E-state index contributed by atoms with van der Waals surface area (Å²) in [5.74, 6) is -2.05. The van der Waals surface area contributed by atoms with Gasteiger partial charge in [0.05, 0.1) is 6.20 Å². The second-order valence-corrected chi connectivity index (χ2v) is 3.69. The van der Waals surface area contributed by atoms with E-state index in [0.717, 1.165) is 11.6 Å². The lowest BCUT2D eigenvalue weighted by atomic mass is 10.2. The number of aliphatic carboxylic acids is 1. The van der Waals surface area contributed by atoms with Crippen molar-refractivity contribution in [1.29, 1.82) is 0 Å². The summed E-state index contributed by atoms with van der Waals surface area (Å²) in [5.41, 5.74) is 0.958. The van der Waals surface area contributed by atoms with Crippen molar-refractivity contribution in [2.45, 2.75) is 6.42 Å². The lowest BCUT2D eigenvalue weighted by molar-refractivity contribution is -0.131. The van der Waals surface area contributed by atoms with E-state index in [4.69, 9.17) is 5.11 Å². The molecule has 0 bridgehead atoms. The average Bonchev–Trinajstić information content (AvgIpc) is 2.72. The van der Waals surface area contributed by atoms with Crippen molar-refractivity contribution < 1.29 is 19.5 Å². The number of nitrogens with zero attached hydrogens (tertiary/aromatic N) is 2. The van der Waals surface area contributed by atoms with Gasteiger partial charge >= 0.3 is 12.0 Å². The molecule has 3 amide bonds. The topological polar surface area (TPSA) is 113 Å². The number of imide groups is 1. The maximum atomic E-state index is 11.2. The first kappa shape index (κ1) is 14.4. The van der Waals surface area contributed by atoms with Crippen LogP contribution in [0.15, 0.2) is 24.5 Å². The second kappa shape index (κ2) is 6.94. The van der Waals surface area contributed by atoms with Crippen LogP contribution < -0.4 is 10.6 Å². The molecule has 1 heterocycles. The maximum absolute atomic E-state index is 11.2. The molecule has 1 rings (SSSR count). The molecule has 8 nitrogen and oxygen atoms in total. The summed E-state index contributed by atoms with van der Waals surface area (Å²) in [6.45, 7) is 0.341. The summed E-state index contributed by atoms with van der Waals surface area (Å²) in [7, 11) is 1.79. The number of amides is 3. The molecule has 1 aromatic heterocycles. The summed E-state index contributed by atoms with van der Waals surface area (Å²) in [5, 5.41) is 16.7. The predicted molar refractivity (Wildman–Crippen MR) is 65.2 cm³/mol. The van der Waals surface area contributed by atoms with Crippen LogP contribution >= 0.6 is 0 Å². The van der Waals surface area contributed by atoms with Gasteiger partial charge in [0.25, 0.3) is 5.91 Å². The Kier molecular flexibility index (Phi) is 5.27. The normalized spacial score (nSPS) is 10.4. The van der Waals surface area contributed by atoms with Crippen molar-refractivity contribution in [3.05, 3.63) is 30.1 Å². The number of carbonyl (C=O) groups excluding carboxylic acids is 2. The van der Waals surface area contributed by atoms with Gasteiger partial charge in [-0.25, -0.2) is 9.59 Å². The largest absolute Gasteiger partial charge is 0.478 e. The number of hydrogen-bond donors (Lipinski definition) is 3. The van der Waals surface area contributed by atoms with Crippen molar-refractivity contribution in [2.24, 2.45) is 7.05 Å². The fourth-order valence-corrected chi connectivity index (χ4v) is 1.27. The van der Waals surface area contributed by atoms with Gasteiger partial charge in [0, 0.05) is 31.9 Å². The Morgan fingerprint density at radius 3 is 2.74 bits per heavy atom. The first-order chi connectivity index (χ1) is 8.97. The summed E-state index contributed by atoms with van der Waals surface area (Å²) in [6, 6.07) is -0.677. The number of aromatic nitrogens is 2. The van der Waals surface area contributed by atoms with Crippen LogP contribution in [-0.4, -0.2) is 39.3 Å². The van der Waals surface area contributed by atoms with Gasteiger partial charge < -0.3 is 10.4 Å². The Morgan fingerprint density at radius 1 is 1.42 bits per heavy atom. The minimum atomic E-state index is -1.26. The van der Waals surface area contributed by atoms with Crippen molar-refractivity contribution in [3.8, 4) is 0 Å². The number of carboxylic acids is 1. The molecule has 0 unspecified atom stereocenters. The zero-order valence-electron chi connectivity index (χ0n) is 10.3. The van der Waals surface area contributed by atoms with Crippen LogP contribution in [0.3, 0.4) is 0 Å². The third kappa shape index (κ3) is 6.01. The number of carbonyl (C=O) groups is 3. The van der Waals surface area contributed by atoms with E-state index in [1.165, 1.54) is 0 Å². The molecule has 1 aromatic rings. The minimum Gasteiger partial charge on any atom is -0.478 e. The molecule has 0 atom stereocenters. The summed E-state index contributed by atoms with van der Waals surface area (Å²) in [4.78, 5) is 32.5. The molecule has 0 aliphatic carbocycles. The van der Waals surface area contributed by atoms with E-state index < -0.39 is 17.9 Å². The standard InChI is InChI=1S/C11H14N4O4/c1-15-7-8(6-13-15)4-5-12-11(19)14-9(16)2-3-10(17)18/h2-3,6-7H,4-5H2,1H3,(H,17,18)(H2,12,14,16,19)/b3-2+. The molecular formula is C11H14N4O4. The predicted octanol–water partition coefficient (Wildman–Crippen LogP) is -0.571. The number of rotatable bonds is 5. The molecule has 0 spiro atoms. The van der Waals surface area contributed by atoms with Crippen LogP contribution in [-0.2, 0) is 23.1 Å². The number of aryl methyl sites for hydroxylation is 1. The molecule has 0 saturated carbocycles. The van der Waals surface area contributed by atoms with Crippen LogP contribution in [0.2, 0.25) is 0 Å². The van der Waals surface area contributed by atoms with Gasteiger partial charge in [-0.15, -0.1) is 0 Å². The molecule has 102 valence electrons. The van der Waals surface area contributed by atoms with Gasteiger partial charge in [0.2, 0.25) is 0 Å². The van der Waals surface area contributed by atoms with E-state index >= 15 is 0 Å². The highest BCUT2D eigenvalue weighted by Gasteiger charge is 2.04. The van der Waals surface area contributed by atoms with E-state index in [9.17, 15) is 14.4 Å². The SMILES string of the molecule is Cn1cc(CCNC(=O)NC(=O)/C=C/C(=O)O)cn1. The van der Waals surface area contributed by atoms with Crippen molar-refractivity contribution in [1.82, 2.24) is 20.4 Å². The lowest BCUT2D eigenvalue weighted by Crippen LogP contribution is -2.39. The van der Waals surface area contributed by atoms with Crippen LogP contribution in [0, 0.1) is 0 Å². The van der Waals surface area contributed by atoms with Gasteiger partial charge in [0.1, 0.15) is 0 Å². The smallest absolute Gasteiger partial charge is 0.328 e. The second-order valence-electron chi connectivity index (χ2n) is 3.69. The molecule has 0 saturated heterocycles. The molecular weight excluding hydrogens is 252 g/mol. The molecule has 8 heteroatoms. The van der Waals surface area contributed by atoms with Gasteiger partial charge in [-0.3, -0.25) is 14.8 Å². The van der Waals surface area contributed by atoms with Crippen LogP contribution in [0.25, 0.3) is 0 Å². The van der Waals surface area contributed by atoms with Gasteiger partial charge in [-0.2, -0.15) is 5.10 Å². The number of hydrogen-bond acceptors (Lipinski definition) is 4.